The minimum absolute atomic E-state index is 0.287. The molecule has 1 aliphatic heterocycles. The molecule has 0 radical (unpaired) electrons. The summed E-state index contributed by atoms with van der Waals surface area (Å²) in [4.78, 5) is 19.7. The van der Waals surface area contributed by atoms with Crippen LogP contribution in [0.2, 0.25) is 0 Å². The van der Waals surface area contributed by atoms with Crippen molar-refractivity contribution in [3.05, 3.63) is 71.3 Å². The van der Waals surface area contributed by atoms with Gasteiger partial charge in [-0.2, -0.15) is 5.10 Å². The molecular formula is C29H26BrN5O. The molecule has 0 bridgehead atoms. The zero-order valence-electron chi connectivity index (χ0n) is 19.8. The highest BCUT2D eigenvalue weighted by molar-refractivity contribution is 9.10. The number of nitrogens with zero attached hydrogens (tertiary/aromatic N) is 4. The van der Waals surface area contributed by atoms with Crippen LogP contribution in [0.25, 0.3) is 44.5 Å². The van der Waals surface area contributed by atoms with Gasteiger partial charge in [-0.1, -0.05) is 42.5 Å². The summed E-state index contributed by atoms with van der Waals surface area (Å²) in [6.45, 7) is 2.56. The van der Waals surface area contributed by atoms with Gasteiger partial charge in [0, 0.05) is 41.0 Å². The van der Waals surface area contributed by atoms with E-state index in [-0.39, 0.29) is 5.92 Å². The van der Waals surface area contributed by atoms with E-state index in [4.69, 9.17) is 4.98 Å². The summed E-state index contributed by atoms with van der Waals surface area (Å²) in [6, 6.07) is 21.2. The molecule has 3 aromatic carbocycles. The Kier molecular flexibility index (Phi) is 5.20. The summed E-state index contributed by atoms with van der Waals surface area (Å²) in [7, 11) is 0. The third kappa shape index (κ3) is 3.82. The summed E-state index contributed by atoms with van der Waals surface area (Å²) in [5, 5.41) is 8.30. The number of carbonyl (C=O) groups is 1. The van der Waals surface area contributed by atoms with Crippen molar-refractivity contribution in [2.24, 2.45) is 11.8 Å². The zero-order valence-corrected chi connectivity index (χ0v) is 21.4. The van der Waals surface area contributed by atoms with Crippen molar-refractivity contribution in [2.75, 3.05) is 13.1 Å². The summed E-state index contributed by atoms with van der Waals surface area (Å²) in [6.07, 6.45) is 5.01. The first kappa shape index (κ1) is 21.8. The Morgan fingerprint density at radius 3 is 2.64 bits per heavy atom. The van der Waals surface area contributed by atoms with Crippen molar-refractivity contribution >= 4 is 43.8 Å². The van der Waals surface area contributed by atoms with Crippen molar-refractivity contribution in [3.8, 4) is 22.5 Å². The minimum Gasteiger partial charge on any atom is -0.342 e. The van der Waals surface area contributed by atoms with Crippen LogP contribution in [0.15, 0.2) is 71.3 Å². The Labute approximate surface area is 217 Å². The van der Waals surface area contributed by atoms with Gasteiger partial charge in [0.05, 0.1) is 22.7 Å². The summed E-state index contributed by atoms with van der Waals surface area (Å²) < 4.78 is 3.40. The number of likely N-dealkylation sites (tertiary alicyclic amines) is 1. The molecule has 1 amide bonds. The van der Waals surface area contributed by atoms with Gasteiger partial charge in [0.15, 0.2) is 0 Å². The Bertz CT molecular complexity index is 1600. The van der Waals surface area contributed by atoms with Gasteiger partial charge < -0.3 is 9.47 Å². The largest absolute Gasteiger partial charge is 0.342 e. The third-order valence-corrected chi connectivity index (χ3v) is 8.24. The number of carbonyl (C=O) groups excluding carboxylic acids is 1. The summed E-state index contributed by atoms with van der Waals surface area (Å²) in [5.74, 6) is 2.05. The van der Waals surface area contributed by atoms with Crippen molar-refractivity contribution in [1.82, 2.24) is 24.6 Å². The highest BCUT2D eigenvalue weighted by atomic mass is 79.9. The van der Waals surface area contributed by atoms with Crippen LogP contribution < -0.4 is 0 Å². The van der Waals surface area contributed by atoms with Gasteiger partial charge in [-0.05, 0) is 70.4 Å². The lowest BCUT2D eigenvalue weighted by Gasteiger charge is -2.18. The second-order valence-electron chi connectivity index (χ2n) is 10.1. The van der Waals surface area contributed by atoms with E-state index < -0.39 is 0 Å². The Balaban J connectivity index is 1.22. The number of aromatic nitrogens is 4. The average molecular weight is 540 g/mol. The first-order valence-corrected chi connectivity index (χ1v) is 13.4. The average Bonchev–Trinajstić information content (AvgIpc) is 3.29. The topological polar surface area (TPSA) is 66.8 Å². The van der Waals surface area contributed by atoms with Gasteiger partial charge >= 0.3 is 0 Å². The van der Waals surface area contributed by atoms with Crippen molar-refractivity contribution in [2.45, 2.75) is 25.8 Å². The second kappa shape index (κ2) is 8.59. The maximum Gasteiger partial charge on any atom is 0.225 e. The Morgan fingerprint density at radius 2 is 1.81 bits per heavy atom. The van der Waals surface area contributed by atoms with Gasteiger partial charge in [-0.3, -0.25) is 9.89 Å². The fourth-order valence-electron chi connectivity index (χ4n) is 5.50. The number of imidazole rings is 1. The SMILES string of the molecule is O=C(C1CC1)N1CC[C@H](Cn2c(-c3ccc(-c4ccc5cn[nH]c5c4)cc3)nc3cccc(Br)c32)C1. The molecular weight excluding hydrogens is 514 g/mol. The molecule has 36 heavy (non-hydrogen) atoms. The molecule has 7 rings (SSSR count). The normalized spacial score (nSPS) is 17.9. The fourth-order valence-corrected chi connectivity index (χ4v) is 6.07. The molecule has 1 saturated heterocycles. The number of nitrogens with one attached hydrogen (secondary N) is 1. The van der Waals surface area contributed by atoms with Crippen molar-refractivity contribution in [3.63, 3.8) is 0 Å². The van der Waals surface area contributed by atoms with E-state index in [0.717, 1.165) is 87.8 Å². The molecule has 1 N–H and O–H groups in total. The molecule has 1 saturated carbocycles. The van der Waals surface area contributed by atoms with Crippen LogP contribution in [-0.2, 0) is 11.3 Å². The summed E-state index contributed by atoms with van der Waals surface area (Å²) in [5.41, 5.74) is 6.54. The molecule has 5 aromatic rings. The van der Waals surface area contributed by atoms with Crippen molar-refractivity contribution < 1.29 is 4.79 Å². The monoisotopic (exact) mass is 539 g/mol. The molecule has 2 aromatic heterocycles. The fraction of sp³-hybridized carbons (Fsp3) is 0.276. The standard InChI is InChI=1S/C29H26BrN5O/c30-24-2-1-3-25-27(24)35(17-18-12-13-34(16-18)29(36)21-8-9-21)28(32-25)20-6-4-19(5-7-20)22-10-11-23-15-31-33-26(23)14-22/h1-7,10-11,14-15,18,21H,8-9,12-13,16-17H2,(H,31,33)/t18-/m0/s1. The highest BCUT2D eigenvalue weighted by Gasteiger charge is 2.36. The van der Waals surface area contributed by atoms with Crippen LogP contribution in [-0.4, -0.2) is 43.6 Å². The Hall–Kier alpha value is -3.45. The minimum atomic E-state index is 0.287. The van der Waals surface area contributed by atoms with E-state index in [0.29, 0.717) is 11.8 Å². The van der Waals surface area contributed by atoms with Gasteiger partial charge in [0.25, 0.3) is 0 Å². The molecule has 7 heteroatoms. The van der Waals surface area contributed by atoms with Crippen LogP contribution >= 0.6 is 15.9 Å². The Morgan fingerprint density at radius 1 is 1.00 bits per heavy atom. The zero-order chi connectivity index (χ0) is 24.2. The molecule has 3 heterocycles. The molecule has 0 unspecified atom stereocenters. The van der Waals surface area contributed by atoms with E-state index in [1.807, 2.05) is 12.3 Å². The number of fused-ring (bicyclic) bond motifs is 2. The number of halogens is 1. The van der Waals surface area contributed by atoms with Crippen LogP contribution in [0, 0.1) is 11.8 Å². The van der Waals surface area contributed by atoms with Crippen LogP contribution in [0.4, 0.5) is 0 Å². The number of benzene rings is 3. The van der Waals surface area contributed by atoms with Crippen LogP contribution in [0.3, 0.4) is 0 Å². The molecule has 6 nitrogen and oxygen atoms in total. The lowest BCUT2D eigenvalue weighted by Crippen LogP contribution is -2.30. The van der Waals surface area contributed by atoms with E-state index in [1.165, 1.54) is 0 Å². The number of hydrogen-bond donors (Lipinski definition) is 1. The summed E-state index contributed by atoms with van der Waals surface area (Å²) >= 11 is 3.77. The highest BCUT2D eigenvalue weighted by Crippen LogP contribution is 2.35. The van der Waals surface area contributed by atoms with Gasteiger partial charge in [0.2, 0.25) is 5.91 Å². The second-order valence-corrected chi connectivity index (χ2v) is 11.0. The predicted molar refractivity (Wildman–Crippen MR) is 145 cm³/mol. The first-order chi connectivity index (χ1) is 17.6. The molecule has 2 fully saturated rings. The molecule has 1 atom stereocenters. The van der Waals surface area contributed by atoms with E-state index in [1.54, 1.807) is 0 Å². The van der Waals surface area contributed by atoms with E-state index >= 15 is 0 Å². The lowest BCUT2D eigenvalue weighted by molar-refractivity contribution is -0.131. The maximum atomic E-state index is 12.6. The number of amides is 1. The lowest BCUT2D eigenvalue weighted by atomic mass is 10.0. The molecule has 0 spiro atoms. The van der Waals surface area contributed by atoms with Crippen molar-refractivity contribution in [1.29, 1.82) is 0 Å². The van der Waals surface area contributed by atoms with E-state index in [2.05, 4.69) is 90.2 Å². The third-order valence-electron chi connectivity index (χ3n) is 7.60. The van der Waals surface area contributed by atoms with Gasteiger partial charge in [-0.15, -0.1) is 0 Å². The number of rotatable bonds is 5. The molecule has 2 aliphatic rings. The smallest absolute Gasteiger partial charge is 0.225 e. The predicted octanol–water partition coefficient (Wildman–Crippen LogP) is 6.27. The molecule has 180 valence electrons. The molecule has 1 aliphatic carbocycles. The number of hydrogen-bond acceptors (Lipinski definition) is 3. The van der Waals surface area contributed by atoms with E-state index in [9.17, 15) is 4.79 Å². The van der Waals surface area contributed by atoms with Crippen LogP contribution in [0.5, 0.6) is 0 Å². The van der Waals surface area contributed by atoms with Gasteiger partial charge in [0.1, 0.15) is 5.82 Å². The van der Waals surface area contributed by atoms with Gasteiger partial charge in [-0.25, -0.2) is 4.98 Å². The number of H-pyrrole nitrogens is 1. The number of aromatic amines is 1. The van der Waals surface area contributed by atoms with Crippen LogP contribution in [0.1, 0.15) is 19.3 Å². The maximum absolute atomic E-state index is 12.6. The number of para-hydroxylation sites is 1. The first-order valence-electron chi connectivity index (χ1n) is 12.6. The quantitative estimate of drug-likeness (QED) is 0.286.